The van der Waals surface area contributed by atoms with Crippen LogP contribution in [0, 0.1) is 0 Å². The lowest BCUT2D eigenvalue weighted by Gasteiger charge is -2.34. The summed E-state index contributed by atoms with van der Waals surface area (Å²) < 4.78 is 5.17. The number of hydrogen-bond acceptors (Lipinski definition) is 5. The zero-order valence-corrected chi connectivity index (χ0v) is 18.6. The number of methoxy groups -OCH3 is 1. The predicted molar refractivity (Wildman–Crippen MR) is 124 cm³/mol. The van der Waals surface area contributed by atoms with Gasteiger partial charge in [0.2, 0.25) is 0 Å². The minimum absolute atomic E-state index is 0.0215. The summed E-state index contributed by atoms with van der Waals surface area (Å²) in [4.78, 5) is 21.5. The van der Waals surface area contributed by atoms with E-state index in [-0.39, 0.29) is 6.03 Å². The summed E-state index contributed by atoms with van der Waals surface area (Å²) in [6, 6.07) is 18.3. The van der Waals surface area contributed by atoms with Crippen LogP contribution in [0.15, 0.2) is 60.0 Å². The molecule has 2 aromatic carbocycles. The fourth-order valence-electron chi connectivity index (χ4n) is 3.65. The van der Waals surface area contributed by atoms with Crippen molar-refractivity contribution in [2.75, 3.05) is 39.8 Å². The molecule has 162 valence electrons. The van der Waals surface area contributed by atoms with Crippen LogP contribution in [0.5, 0.6) is 5.75 Å². The van der Waals surface area contributed by atoms with E-state index in [1.807, 2.05) is 47.4 Å². The maximum atomic E-state index is 12.5. The maximum Gasteiger partial charge on any atom is 0.317 e. The average Bonchev–Trinajstić information content (AvgIpc) is 3.29. The predicted octanol–water partition coefficient (Wildman–Crippen LogP) is 3.89. The van der Waals surface area contributed by atoms with Gasteiger partial charge in [-0.3, -0.25) is 4.90 Å². The van der Waals surface area contributed by atoms with E-state index in [0.29, 0.717) is 6.54 Å². The first-order chi connectivity index (χ1) is 15.2. The van der Waals surface area contributed by atoms with Crippen molar-refractivity contribution in [1.82, 2.24) is 20.1 Å². The second kappa shape index (κ2) is 10.4. The van der Waals surface area contributed by atoms with Crippen LogP contribution in [0.25, 0.3) is 10.6 Å². The molecule has 1 aliphatic heterocycles. The van der Waals surface area contributed by atoms with Crippen molar-refractivity contribution in [2.45, 2.75) is 13.0 Å². The molecule has 31 heavy (non-hydrogen) atoms. The van der Waals surface area contributed by atoms with Crippen LogP contribution in [0.1, 0.15) is 11.3 Å². The summed E-state index contributed by atoms with van der Waals surface area (Å²) in [5.74, 6) is 0.847. The van der Waals surface area contributed by atoms with Gasteiger partial charge >= 0.3 is 6.03 Å². The highest BCUT2D eigenvalue weighted by Gasteiger charge is 2.21. The average molecular weight is 437 g/mol. The van der Waals surface area contributed by atoms with E-state index in [1.54, 1.807) is 18.4 Å². The van der Waals surface area contributed by atoms with Crippen molar-refractivity contribution in [1.29, 1.82) is 0 Å². The lowest BCUT2D eigenvalue weighted by molar-refractivity contribution is 0.134. The standard InChI is InChI=1S/C24H28N4O2S/c1-30-22-9-7-19(8-10-22)11-12-25-24(29)28-15-13-27(14-16-28)17-21-18-31-23(26-21)20-5-3-2-4-6-20/h2-10,18H,11-17H2,1H3,(H,25,29). The van der Waals surface area contributed by atoms with Crippen molar-refractivity contribution in [3.63, 3.8) is 0 Å². The van der Waals surface area contributed by atoms with Gasteiger partial charge in [-0.1, -0.05) is 42.5 Å². The Morgan fingerprint density at radius 1 is 1.06 bits per heavy atom. The number of nitrogens with zero attached hydrogens (tertiary/aromatic N) is 3. The number of hydrogen-bond donors (Lipinski definition) is 1. The summed E-state index contributed by atoms with van der Waals surface area (Å²) in [7, 11) is 1.66. The van der Waals surface area contributed by atoms with Crippen LogP contribution in [-0.4, -0.2) is 60.6 Å². The molecule has 0 saturated carbocycles. The zero-order chi connectivity index (χ0) is 21.5. The smallest absolute Gasteiger partial charge is 0.317 e. The molecule has 0 unspecified atom stereocenters. The molecule has 4 rings (SSSR count). The van der Waals surface area contributed by atoms with Gasteiger partial charge in [0.25, 0.3) is 0 Å². The number of ether oxygens (including phenoxy) is 1. The molecular weight excluding hydrogens is 408 g/mol. The number of piperazine rings is 1. The molecule has 7 heteroatoms. The Balaban J connectivity index is 1.19. The minimum atomic E-state index is 0.0215. The molecule has 2 heterocycles. The van der Waals surface area contributed by atoms with Crippen molar-refractivity contribution in [3.8, 4) is 16.3 Å². The number of carbonyl (C=O) groups is 1. The first kappa shape index (κ1) is 21.3. The largest absolute Gasteiger partial charge is 0.497 e. The second-order valence-electron chi connectivity index (χ2n) is 7.60. The summed E-state index contributed by atoms with van der Waals surface area (Å²) in [5.41, 5.74) is 3.44. The van der Waals surface area contributed by atoms with Gasteiger partial charge in [0.05, 0.1) is 12.8 Å². The molecule has 0 radical (unpaired) electrons. The van der Waals surface area contributed by atoms with Gasteiger partial charge in [0, 0.05) is 50.2 Å². The van der Waals surface area contributed by atoms with Crippen molar-refractivity contribution in [3.05, 3.63) is 71.2 Å². The van der Waals surface area contributed by atoms with E-state index < -0.39 is 0 Å². The van der Waals surface area contributed by atoms with Crippen LogP contribution in [0.3, 0.4) is 0 Å². The van der Waals surface area contributed by atoms with Gasteiger partial charge < -0.3 is 15.0 Å². The summed E-state index contributed by atoms with van der Waals surface area (Å²) in [6.45, 7) is 4.67. The molecule has 1 N–H and O–H groups in total. The fourth-order valence-corrected chi connectivity index (χ4v) is 4.47. The normalized spacial score (nSPS) is 14.4. The molecule has 1 fully saturated rings. The van der Waals surface area contributed by atoms with E-state index in [9.17, 15) is 4.79 Å². The van der Waals surface area contributed by atoms with Crippen molar-refractivity contribution >= 4 is 17.4 Å². The van der Waals surface area contributed by atoms with Gasteiger partial charge in [-0.15, -0.1) is 11.3 Å². The number of benzene rings is 2. The van der Waals surface area contributed by atoms with Gasteiger partial charge in [0.1, 0.15) is 10.8 Å². The molecular formula is C24H28N4O2S. The Bertz CT molecular complexity index is 967. The topological polar surface area (TPSA) is 57.7 Å². The van der Waals surface area contributed by atoms with Gasteiger partial charge in [-0.05, 0) is 24.1 Å². The molecule has 3 aromatic rings. The number of carbonyl (C=O) groups excluding carboxylic acids is 1. The number of amides is 2. The van der Waals surface area contributed by atoms with Crippen LogP contribution in [0.4, 0.5) is 4.79 Å². The molecule has 0 spiro atoms. The molecule has 0 bridgehead atoms. The first-order valence-corrected chi connectivity index (χ1v) is 11.5. The van der Waals surface area contributed by atoms with Gasteiger partial charge in [-0.25, -0.2) is 9.78 Å². The van der Waals surface area contributed by atoms with E-state index in [2.05, 4.69) is 27.7 Å². The highest BCUT2D eigenvalue weighted by molar-refractivity contribution is 7.13. The highest BCUT2D eigenvalue weighted by Crippen LogP contribution is 2.24. The first-order valence-electron chi connectivity index (χ1n) is 10.6. The minimum Gasteiger partial charge on any atom is -0.497 e. The molecule has 2 amide bonds. The molecule has 1 saturated heterocycles. The summed E-state index contributed by atoms with van der Waals surface area (Å²) in [6.07, 6.45) is 0.809. The molecule has 0 atom stereocenters. The summed E-state index contributed by atoms with van der Waals surface area (Å²) >= 11 is 1.69. The lowest BCUT2D eigenvalue weighted by Crippen LogP contribution is -2.51. The second-order valence-corrected chi connectivity index (χ2v) is 8.46. The van der Waals surface area contributed by atoms with Gasteiger partial charge in [0.15, 0.2) is 0 Å². The maximum absolute atomic E-state index is 12.5. The zero-order valence-electron chi connectivity index (χ0n) is 17.8. The van der Waals surface area contributed by atoms with Crippen molar-refractivity contribution in [2.24, 2.45) is 0 Å². The molecule has 0 aliphatic carbocycles. The highest BCUT2D eigenvalue weighted by atomic mass is 32.1. The van der Waals surface area contributed by atoms with E-state index >= 15 is 0 Å². The molecule has 1 aromatic heterocycles. The fraction of sp³-hybridized carbons (Fsp3) is 0.333. The van der Waals surface area contributed by atoms with Gasteiger partial charge in [-0.2, -0.15) is 0 Å². The third kappa shape index (κ3) is 5.83. The quantitative estimate of drug-likeness (QED) is 0.611. The summed E-state index contributed by atoms with van der Waals surface area (Å²) in [5, 5.41) is 6.24. The Morgan fingerprint density at radius 3 is 2.52 bits per heavy atom. The Morgan fingerprint density at radius 2 is 1.81 bits per heavy atom. The number of rotatable bonds is 7. The Hall–Kier alpha value is -2.90. The molecule has 6 nitrogen and oxygen atoms in total. The van der Waals surface area contributed by atoms with E-state index in [0.717, 1.165) is 61.2 Å². The SMILES string of the molecule is COc1ccc(CCNC(=O)N2CCN(Cc3csc(-c4ccccc4)n3)CC2)cc1. The Labute approximate surface area is 187 Å². The van der Waals surface area contributed by atoms with Crippen LogP contribution < -0.4 is 10.1 Å². The molecule has 1 aliphatic rings. The number of aromatic nitrogens is 1. The van der Waals surface area contributed by atoms with E-state index in [4.69, 9.17) is 9.72 Å². The number of urea groups is 1. The number of nitrogens with one attached hydrogen (secondary N) is 1. The Kier molecular flexibility index (Phi) is 7.17. The van der Waals surface area contributed by atoms with Crippen LogP contribution in [0.2, 0.25) is 0 Å². The van der Waals surface area contributed by atoms with Crippen LogP contribution >= 0.6 is 11.3 Å². The van der Waals surface area contributed by atoms with Crippen LogP contribution in [-0.2, 0) is 13.0 Å². The van der Waals surface area contributed by atoms with Crippen molar-refractivity contribution < 1.29 is 9.53 Å². The lowest BCUT2D eigenvalue weighted by atomic mass is 10.1. The monoisotopic (exact) mass is 436 g/mol. The van der Waals surface area contributed by atoms with E-state index in [1.165, 1.54) is 5.56 Å². The third-order valence-electron chi connectivity index (χ3n) is 5.47. The third-order valence-corrected chi connectivity index (χ3v) is 6.41. The number of thiazole rings is 1.